The van der Waals surface area contributed by atoms with Crippen LogP contribution in [0.1, 0.15) is 5.56 Å². The summed E-state index contributed by atoms with van der Waals surface area (Å²) in [5, 5.41) is 17.4. The summed E-state index contributed by atoms with van der Waals surface area (Å²) in [5.74, 6) is 0.557. The lowest BCUT2D eigenvalue weighted by Gasteiger charge is -2.12. The van der Waals surface area contributed by atoms with E-state index in [4.69, 9.17) is 28.9 Å². The summed E-state index contributed by atoms with van der Waals surface area (Å²) in [6.07, 6.45) is 0. The van der Waals surface area contributed by atoms with Gasteiger partial charge in [-0.3, -0.25) is 0 Å². The fourth-order valence-electron chi connectivity index (χ4n) is 1.27. The third-order valence-corrected chi connectivity index (χ3v) is 2.63. The highest BCUT2D eigenvalue weighted by molar-refractivity contribution is 9.10. The summed E-state index contributed by atoms with van der Waals surface area (Å²) < 4.78 is 21.0. The Morgan fingerprint density at radius 2 is 2.05 bits per heavy atom. The number of ether oxygens (including phenoxy) is 3. The lowest BCUT2D eigenvalue weighted by molar-refractivity contribution is -0.00931. The Labute approximate surface area is 120 Å². The van der Waals surface area contributed by atoms with E-state index < -0.39 is 7.32 Å². The van der Waals surface area contributed by atoms with Gasteiger partial charge in [0.15, 0.2) is 6.79 Å². The number of methoxy groups -OCH3 is 1. The SMILES string of the molecule is COCCOCOc1ccc(Br)cc1COB(O)O. The highest BCUT2D eigenvalue weighted by atomic mass is 79.9. The summed E-state index contributed by atoms with van der Waals surface area (Å²) in [6.45, 7) is 1.04. The van der Waals surface area contributed by atoms with Crippen LogP contribution in [0, 0.1) is 0 Å². The van der Waals surface area contributed by atoms with Gasteiger partial charge in [0.25, 0.3) is 0 Å². The molecular formula is C11H16BBrO6. The van der Waals surface area contributed by atoms with Gasteiger partial charge in [0.05, 0.1) is 19.8 Å². The topological polar surface area (TPSA) is 77.4 Å². The van der Waals surface area contributed by atoms with Crippen molar-refractivity contribution in [2.45, 2.75) is 6.61 Å². The van der Waals surface area contributed by atoms with E-state index in [9.17, 15) is 0 Å². The molecule has 0 aliphatic carbocycles. The molecule has 8 heteroatoms. The normalized spacial score (nSPS) is 10.5. The number of benzene rings is 1. The Morgan fingerprint density at radius 1 is 1.26 bits per heavy atom. The summed E-state index contributed by atoms with van der Waals surface area (Å²) in [6, 6.07) is 5.32. The van der Waals surface area contributed by atoms with Crippen LogP contribution in [0.2, 0.25) is 0 Å². The van der Waals surface area contributed by atoms with Crippen LogP contribution in [0.3, 0.4) is 0 Å². The van der Waals surface area contributed by atoms with E-state index >= 15 is 0 Å². The zero-order chi connectivity index (χ0) is 14.1. The van der Waals surface area contributed by atoms with Crippen LogP contribution < -0.4 is 4.74 Å². The molecule has 0 bridgehead atoms. The van der Waals surface area contributed by atoms with E-state index in [-0.39, 0.29) is 13.4 Å². The minimum absolute atomic E-state index is 0.0184. The van der Waals surface area contributed by atoms with Crippen LogP contribution in [-0.2, 0) is 20.7 Å². The van der Waals surface area contributed by atoms with Crippen LogP contribution in [0.25, 0.3) is 0 Å². The largest absolute Gasteiger partial charge is 0.634 e. The highest BCUT2D eigenvalue weighted by Crippen LogP contribution is 2.24. The molecule has 1 aromatic carbocycles. The molecule has 0 aliphatic heterocycles. The lowest BCUT2D eigenvalue weighted by Crippen LogP contribution is -2.17. The first-order chi connectivity index (χ1) is 9.13. The number of hydrogen-bond donors (Lipinski definition) is 2. The summed E-state index contributed by atoms with van der Waals surface area (Å²) in [7, 11) is -0.223. The fraction of sp³-hybridized carbons (Fsp3) is 0.455. The van der Waals surface area contributed by atoms with Crippen LogP contribution in [0.4, 0.5) is 0 Å². The molecule has 0 spiro atoms. The third-order valence-electron chi connectivity index (χ3n) is 2.14. The van der Waals surface area contributed by atoms with Crippen molar-refractivity contribution in [3.05, 3.63) is 28.2 Å². The minimum atomic E-state index is -1.82. The van der Waals surface area contributed by atoms with Gasteiger partial charge >= 0.3 is 7.32 Å². The molecule has 0 amide bonds. The summed E-state index contributed by atoms with van der Waals surface area (Å²) in [4.78, 5) is 0. The molecule has 1 aromatic rings. The maximum Gasteiger partial charge on any atom is 0.634 e. The van der Waals surface area contributed by atoms with Gasteiger partial charge in [-0.15, -0.1) is 0 Å². The first-order valence-corrected chi connectivity index (χ1v) is 6.38. The first kappa shape index (κ1) is 16.4. The Balaban J connectivity index is 2.50. The minimum Gasteiger partial charge on any atom is -0.467 e. The number of rotatable bonds is 9. The monoisotopic (exact) mass is 334 g/mol. The molecule has 0 saturated carbocycles. The molecule has 0 atom stereocenters. The molecule has 6 nitrogen and oxygen atoms in total. The van der Waals surface area contributed by atoms with E-state index in [2.05, 4.69) is 15.9 Å². The third kappa shape index (κ3) is 6.91. The summed E-state index contributed by atoms with van der Waals surface area (Å²) >= 11 is 3.32. The standard InChI is InChI=1S/C11H16BBrO6/c1-16-4-5-17-8-18-11-3-2-10(13)6-9(11)7-19-12(14)15/h2-3,6,14-15H,4-5,7-8H2,1H3. The molecule has 0 unspecified atom stereocenters. The van der Waals surface area contributed by atoms with Gasteiger partial charge in [-0.2, -0.15) is 0 Å². The maximum atomic E-state index is 8.69. The van der Waals surface area contributed by atoms with Gasteiger partial charge in [-0.1, -0.05) is 15.9 Å². The van der Waals surface area contributed by atoms with Crippen LogP contribution >= 0.6 is 15.9 Å². The average molecular weight is 335 g/mol. The van der Waals surface area contributed by atoms with E-state index in [0.717, 1.165) is 4.47 Å². The predicted molar refractivity (Wildman–Crippen MR) is 72.4 cm³/mol. The first-order valence-electron chi connectivity index (χ1n) is 5.59. The Morgan fingerprint density at radius 3 is 2.74 bits per heavy atom. The van der Waals surface area contributed by atoms with Crippen LogP contribution in [0.5, 0.6) is 5.75 Å². The van der Waals surface area contributed by atoms with Gasteiger partial charge in [-0.25, -0.2) is 0 Å². The zero-order valence-corrected chi connectivity index (χ0v) is 12.1. The Bertz CT molecular complexity index is 376. The van der Waals surface area contributed by atoms with Gasteiger partial charge in [0.1, 0.15) is 5.75 Å². The van der Waals surface area contributed by atoms with Crippen molar-refractivity contribution in [3.63, 3.8) is 0 Å². The maximum absolute atomic E-state index is 8.69. The fourth-order valence-corrected chi connectivity index (χ4v) is 1.68. The van der Waals surface area contributed by atoms with Crippen LogP contribution in [-0.4, -0.2) is 44.5 Å². The molecule has 1 rings (SSSR count). The molecule has 19 heavy (non-hydrogen) atoms. The molecule has 0 aliphatic rings. The van der Waals surface area contributed by atoms with Gasteiger partial charge in [-0.05, 0) is 18.2 Å². The second kappa shape index (κ2) is 9.30. The quantitative estimate of drug-likeness (QED) is 0.397. The zero-order valence-electron chi connectivity index (χ0n) is 10.5. The van der Waals surface area contributed by atoms with Crippen molar-refractivity contribution in [1.29, 1.82) is 0 Å². The molecule has 0 fully saturated rings. The van der Waals surface area contributed by atoms with E-state index in [1.807, 2.05) is 6.07 Å². The highest BCUT2D eigenvalue weighted by Gasteiger charge is 2.11. The summed E-state index contributed by atoms with van der Waals surface area (Å²) in [5.41, 5.74) is 0.679. The van der Waals surface area contributed by atoms with E-state index in [1.54, 1.807) is 19.2 Å². The molecule has 0 aromatic heterocycles. The van der Waals surface area contributed by atoms with Crippen molar-refractivity contribution < 1.29 is 28.9 Å². The van der Waals surface area contributed by atoms with Gasteiger partial charge < -0.3 is 28.9 Å². The molecular weight excluding hydrogens is 319 g/mol. The van der Waals surface area contributed by atoms with Crippen molar-refractivity contribution in [2.24, 2.45) is 0 Å². The molecule has 0 heterocycles. The van der Waals surface area contributed by atoms with Crippen molar-refractivity contribution in [1.82, 2.24) is 0 Å². The molecule has 0 saturated heterocycles. The second-order valence-corrected chi connectivity index (χ2v) is 4.47. The molecule has 0 radical (unpaired) electrons. The van der Waals surface area contributed by atoms with Crippen molar-refractivity contribution in [2.75, 3.05) is 27.1 Å². The van der Waals surface area contributed by atoms with Crippen LogP contribution in [0.15, 0.2) is 22.7 Å². The van der Waals surface area contributed by atoms with E-state index in [0.29, 0.717) is 24.5 Å². The van der Waals surface area contributed by atoms with E-state index in [1.165, 1.54) is 0 Å². The predicted octanol–water partition coefficient (Wildman–Crippen LogP) is 0.935. The van der Waals surface area contributed by atoms with Crippen molar-refractivity contribution in [3.8, 4) is 5.75 Å². The van der Waals surface area contributed by atoms with Crippen molar-refractivity contribution >= 4 is 23.3 Å². The molecule has 106 valence electrons. The van der Waals surface area contributed by atoms with Gasteiger partial charge in [0, 0.05) is 17.1 Å². The average Bonchev–Trinajstić information content (AvgIpc) is 2.38. The Hall–Kier alpha value is -0.635. The second-order valence-electron chi connectivity index (χ2n) is 3.55. The van der Waals surface area contributed by atoms with Gasteiger partial charge in [0.2, 0.25) is 0 Å². The number of hydrogen-bond acceptors (Lipinski definition) is 6. The smallest absolute Gasteiger partial charge is 0.467 e. The molecule has 2 N–H and O–H groups in total. The lowest BCUT2D eigenvalue weighted by atomic mass is 10.2. The number of halogens is 1. The Kier molecular flexibility index (Phi) is 8.03.